The van der Waals surface area contributed by atoms with Gasteiger partial charge in [-0.1, -0.05) is 47.9 Å². The van der Waals surface area contributed by atoms with Gasteiger partial charge in [0.25, 0.3) is 0 Å². The fourth-order valence-electron chi connectivity index (χ4n) is 5.38. The Balaban J connectivity index is 1.47. The molecule has 5 rings (SSSR count). The van der Waals surface area contributed by atoms with Crippen LogP contribution >= 0.6 is 23.4 Å². The van der Waals surface area contributed by atoms with Gasteiger partial charge in [0.15, 0.2) is 5.78 Å². The fourth-order valence-corrected chi connectivity index (χ4v) is 6.37. The molecule has 6 nitrogen and oxygen atoms in total. The number of Topliss-reactive ketones (excluding diaryl/α,β-unsaturated/α-hetero) is 1. The second-order valence-corrected chi connectivity index (χ2v) is 12.0. The van der Waals surface area contributed by atoms with E-state index in [0.717, 1.165) is 39.2 Å². The van der Waals surface area contributed by atoms with Gasteiger partial charge in [0, 0.05) is 73.9 Å². The van der Waals surface area contributed by atoms with Gasteiger partial charge in [-0.25, -0.2) is 4.79 Å². The molecule has 0 N–H and O–H groups in total. The largest absolute Gasteiger partial charge is 0.344 e. The lowest BCUT2D eigenvalue weighted by atomic mass is 9.90. The Morgan fingerprint density at radius 1 is 1.00 bits per heavy atom. The van der Waals surface area contributed by atoms with Gasteiger partial charge in [0.1, 0.15) is 5.71 Å². The number of hydrogen-bond acceptors (Lipinski definition) is 6. The number of oxime groups is 1. The zero-order valence-corrected chi connectivity index (χ0v) is 26.1. The normalized spacial score (nSPS) is 13.0. The van der Waals surface area contributed by atoms with Gasteiger partial charge >= 0.3 is 5.97 Å². The zero-order chi connectivity index (χ0) is 30.5. The first-order valence-electron chi connectivity index (χ1n) is 14.5. The minimum atomic E-state index is -0.493. The maximum absolute atomic E-state index is 13.8. The number of aryl methyl sites for hydroxylation is 2. The van der Waals surface area contributed by atoms with Crippen molar-refractivity contribution < 1.29 is 19.2 Å². The molecule has 0 aliphatic heterocycles. The van der Waals surface area contributed by atoms with Crippen LogP contribution in [-0.2, 0) is 27.4 Å². The Labute approximate surface area is 260 Å². The predicted octanol–water partition coefficient (Wildman–Crippen LogP) is 8.24. The molecule has 0 amide bonds. The molecule has 3 aromatic carbocycles. The molecule has 1 aromatic heterocycles. The summed E-state index contributed by atoms with van der Waals surface area (Å²) < 4.78 is 2.26. The highest BCUT2D eigenvalue weighted by Crippen LogP contribution is 2.35. The number of rotatable bonds is 11. The molecule has 0 fully saturated rings. The molecule has 0 saturated heterocycles. The van der Waals surface area contributed by atoms with Crippen LogP contribution in [0.4, 0.5) is 0 Å². The lowest BCUT2D eigenvalue weighted by Gasteiger charge is -2.16. The lowest BCUT2D eigenvalue weighted by molar-refractivity contribution is -0.143. The van der Waals surface area contributed by atoms with Crippen LogP contribution in [0.2, 0.25) is 5.02 Å². The summed E-state index contributed by atoms with van der Waals surface area (Å²) >= 11 is 7.58. The van der Waals surface area contributed by atoms with Gasteiger partial charge in [-0.3, -0.25) is 9.59 Å². The summed E-state index contributed by atoms with van der Waals surface area (Å²) in [5.74, 6) is -0.170. The Hall–Kier alpha value is -3.94. The number of carbonyl (C=O) groups is 3. The molecule has 0 atom stereocenters. The highest BCUT2D eigenvalue weighted by molar-refractivity contribution is 7.99. The van der Waals surface area contributed by atoms with Crippen molar-refractivity contribution in [2.75, 3.05) is 5.75 Å². The van der Waals surface area contributed by atoms with E-state index in [-0.39, 0.29) is 23.7 Å². The van der Waals surface area contributed by atoms with Crippen LogP contribution in [0.25, 0.3) is 17.0 Å². The second-order valence-electron chi connectivity index (χ2n) is 10.4. The first-order chi connectivity index (χ1) is 20.8. The van der Waals surface area contributed by atoms with E-state index >= 15 is 0 Å². The Morgan fingerprint density at radius 2 is 1.77 bits per heavy atom. The average Bonchev–Trinajstić information content (AvgIpc) is 3.35. The minimum Gasteiger partial charge on any atom is -0.344 e. The number of thioether (sulfide) groups is 1. The Bertz CT molecular complexity index is 1770. The van der Waals surface area contributed by atoms with Gasteiger partial charge in [-0.15, -0.1) is 11.8 Å². The summed E-state index contributed by atoms with van der Waals surface area (Å²) in [5.41, 5.74) is 6.17. The highest BCUT2D eigenvalue weighted by Gasteiger charge is 2.26. The molecule has 1 heterocycles. The van der Waals surface area contributed by atoms with Crippen LogP contribution in [0.1, 0.15) is 65.9 Å². The third-order valence-corrected chi connectivity index (χ3v) is 8.92. The summed E-state index contributed by atoms with van der Waals surface area (Å²) in [6.07, 6.45) is 3.65. The van der Waals surface area contributed by atoms with Crippen molar-refractivity contribution in [3.63, 3.8) is 0 Å². The van der Waals surface area contributed by atoms with Gasteiger partial charge in [0.05, 0.1) is 0 Å². The van der Waals surface area contributed by atoms with Crippen LogP contribution in [0, 0.1) is 6.92 Å². The smallest absolute Gasteiger partial charge is 0.334 e. The molecule has 0 unspecified atom stereocenters. The van der Waals surface area contributed by atoms with Crippen LogP contribution in [0.3, 0.4) is 0 Å². The van der Waals surface area contributed by atoms with Crippen LogP contribution in [-0.4, -0.2) is 33.6 Å². The summed E-state index contributed by atoms with van der Waals surface area (Å²) in [5, 5.41) is 5.63. The van der Waals surface area contributed by atoms with E-state index in [1.165, 1.54) is 0 Å². The second kappa shape index (κ2) is 13.6. The van der Waals surface area contributed by atoms with Crippen molar-refractivity contribution in [1.29, 1.82) is 0 Å². The van der Waals surface area contributed by atoms with E-state index in [1.807, 2.05) is 79.7 Å². The van der Waals surface area contributed by atoms with Crippen molar-refractivity contribution in [1.82, 2.24) is 4.57 Å². The number of allylic oxidation sites excluding steroid dienone is 1. The minimum absolute atomic E-state index is 0.0283. The lowest BCUT2D eigenvalue weighted by Crippen LogP contribution is -2.21. The zero-order valence-electron chi connectivity index (χ0n) is 24.5. The van der Waals surface area contributed by atoms with E-state index in [2.05, 4.69) is 16.6 Å². The topological polar surface area (TPSA) is 77.7 Å². The van der Waals surface area contributed by atoms with Crippen LogP contribution in [0.5, 0.6) is 0 Å². The number of aromatic nitrogens is 1. The first-order valence-corrected chi connectivity index (χ1v) is 15.8. The molecule has 0 spiro atoms. The average molecular weight is 613 g/mol. The number of benzene rings is 3. The first kappa shape index (κ1) is 30.5. The number of carbonyl (C=O) groups excluding carboxylic acids is 3. The van der Waals surface area contributed by atoms with E-state index in [9.17, 15) is 14.4 Å². The summed E-state index contributed by atoms with van der Waals surface area (Å²) in [6, 6.07) is 20.9. The van der Waals surface area contributed by atoms with Gasteiger partial charge in [0.2, 0.25) is 5.78 Å². The maximum atomic E-state index is 13.8. The number of fused-ring (bicyclic) bond motifs is 3. The van der Waals surface area contributed by atoms with Crippen LogP contribution in [0.15, 0.2) is 82.4 Å². The highest BCUT2D eigenvalue weighted by atomic mass is 35.5. The molecule has 0 radical (unpaired) electrons. The molecule has 4 aromatic rings. The standard InChI is InChI=1S/C35H33ClN2O4S/c1-4-33(39)42-37-30(18-19-43-26-14-12-25(36)13-15-26)35(41)24-11-17-32-29(21-24)28-20-23(10-16-31(28)38(32)5-2)34(40)27-9-7-6-8-22(27)3/h6-10,12-16,20-21H,4-5,11,17-19H2,1-3H3. The number of ketones is 2. The molecule has 43 heavy (non-hydrogen) atoms. The van der Waals surface area contributed by atoms with E-state index < -0.39 is 5.97 Å². The van der Waals surface area contributed by atoms with Gasteiger partial charge in [-0.2, -0.15) is 0 Å². The van der Waals surface area contributed by atoms with E-state index in [4.69, 9.17) is 16.4 Å². The molecule has 1 aliphatic rings. The Kier molecular flexibility index (Phi) is 9.63. The van der Waals surface area contributed by atoms with Crippen LogP contribution < -0.4 is 0 Å². The molecule has 220 valence electrons. The van der Waals surface area contributed by atoms with E-state index in [0.29, 0.717) is 46.7 Å². The molecular weight excluding hydrogens is 580 g/mol. The van der Waals surface area contributed by atoms with E-state index in [1.54, 1.807) is 18.7 Å². The summed E-state index contributed by atoms with van der Waals surface area (Å²) in [4.78, 5) is 45.3. The summed E-state index contributed by atoms with van der Waals surface area (Å²) in [7, 11) is 0. The maximum Gasteiger partial charge on any atom is 0.334 e. The fraction of sp³-hybridized carbons (Fsp3) is 0.257. The van der Waals surface area contributed by atoms with Gasteiger partial charge < -0.3 is 9.40 Å². The molecule has 1 aliphatic carbocycles. The summed E-state index contributed by atoms with van der Waals surface area (Å²) in [6.45, 7) is 6.49. The third-order valence-electron chi connectivity index (χ3n) is 7.65. The monoisotopic (exact) mass is 612 g/mol. The number of hydrogen-bond donors (Lipinski definition) is 0. The van der Waals surface area contributed by atoms with Crippen molar-refractivity contribution in [2.24, 2.45) is 5.16 Å². The Morgan fingerprint density at radius 3 is 2.49 bits per heavy atom. The van der Waals surface area contributed by atoms with Crippen molar-refractivity contribution in [3.8, 4) is 0 Å². The number of nitrogens with zero attached hydrogens (tertiary/aromatic N) is 2. The SMILES string of the molecule is CCC(=O)ON=C(CCSc1ccc(Cl)cc1)C(=O)C1=Cc2c(n(CC)c3ccc(C(=O)c4ccccc4C)cc23)CC1. The van der Waals surface area contributed by atoms with Crippen molar-refractivity contribution >= 4 is 63.6 Å². The van der Waals surface area contributed by atoms with Crippen molar-refractivity contribution in [3.05, 3.63) is 105 Å². The predicted molar refractivity (Wildman–Crippen MR) is 174 cm³/mol. The number of halogens is 1. The van der Waals surface area contributed by atoms with Gasteiger partial charge in [-0.05, 0) is 80.8 Å². The quantitative estimate of drug-likeness (QED) is 0.0560. The molecular formula is C35H33ClN2O4S. The molecule has 0 bridgehead atoms. The third kappa shape index (κ3) is 6.68. The van der Waals surface area contributed by atoms with Crippen molar-refractivity contribution in [2.45, 2.75) is 57.9 Å². The molecule has 0 saturated carbocycles. The molecule has 8 heteroatoms.